The number of alkyl halides is 2. The summed E-state index contributed by atoms with van der Waals surface area (Å²) in [5.74, 6) is 0.900. The first-order chi connectivity index (χ1) is 13.5. The van der Waals surface area contributed by atoms with E-state index in [2.05, 4.69) is 25.5 Å². The minimum Gasteiger partial charge on any atom is -0.490 e. The van der Waals surface area contributed by atoms with Gasteiger partial charge in [0.05, 0.1) is 12.8 Å². The number of para-hydroxylation sites is 1. The van der Waals surface area contributed by atoms with Crippen LogP contribution in [0.5, 0.6) is 11.5 Å². The number of aliphatic imine (C=N–C) groups is 1. The molecule has 1 heterocycles. The van der Waals surface area contributed by atoms with E-state index in [0.717, 1.165) is 18.5 Å². The highest BCUT2D eigenvalue weighted by atomic mass is 19.3. The van der Waals surface area contributed by atoms with E-state index in [1.54, 1.807) is 32.2 Å². The summed E-state index contributed by atoms with van der Waals surface area (Å²) in [7, 11) is 1.65. The fraction of sp³-hybridized carbons (Fsp3) is 0.474. The fourth-order valence-corrected chi connectivity index (χ4v) is 2.63. The van der Waals surface area contributed by atoms with Gasteiger partial charge in [-0.05, 0) is 31.9 Å². The Labute approximate surface area is 163 Å². The molecule has 2 rings (SSSR count). The minimum absolute atomic E-state index is 0.0383. The van der Waals surface area contributed by atoms with Crippen molar-refractivity contribution in [3.8, 4) is 11.5 Å². The summed E-state index contributed by atoms with van der Waals surface area (Å²) >= 11 is 0. The Kier molecular flexibility index (Phi) is 8.51. The van der Waals surface area contributed by atoms with E-state index in [0.29, 0.717) is 30.4 Å². The zero-order valence-corrected chi connectivity index (χ0v) is 16.4. The van der Waals surface area contributed by atoms with Gasteiger partial charge in [0.2, 0.25) is 0 Å². The van der Waals surface area contributed by atoms with E-state index in [1.165, 1.54) is 0 Å². The van der Waals surface area contributed by atoms with Crippen LogP contribution < -0.4 is 20.1 Å². The van der Waals surface area contributed by atoms with Gasteiger partial charge in [-0.25, -0.2) is 0 Å². The Morgan fingerprint density at radius 3 is 2.79 bits per heavy atom. The monoisotopic (exact) mass is 395 g/mol. The van der Waals surface area contributed by atoms with Crippen LogP contribution in [0, 0.1) is 6.92 Å². The second-order valence-electron chi connectivity index (χ2n) is 6.04. The molecule has 2 N–H and O–H groups in total. The number of nitrogens with one attached hydrogen (secondary N) is 2. The third-order valence-corrected chi connectivity index (χ3v) is 3.86. The molecule has 0 radical (unpaired) electrons. The van der Waals surface area contributed by atoms with E-state index in [-0.39, 0.29) is 12.3 Å². The summed E-state index contributed by atoms with van der Waals surface area (Å²) in [4.78, 5) is 4.15. The van der Waals surface area contributed by atoms with Crippen LogP contribution in [0.4, 0.5) is 8.78 Å². The molecule has 28 heavy (non-hydrogen) atoms. The van der Waals surface area contributed by atoms with Gasteiger partial charge in [-0.1, -0.05) is 12.1 Å². The quantitative estimate of drug-likeness (QED) is 0.368. The lowest BCUT2D eigenvalue weighted by Gasteiger charge is -2.17. The summed E-state index contributed by atoms with van der Waals surface area (Å²) in [6.07, 6.45) is 4.67. The maximum absolute atomic E-state index is 12.8. The van der Waals surface area contributed by atoms with Crippen LogP contribution >= 0.6 is 0 Å². The Morgan fingerprint density at radius 1 is 1.32 bits per heavy atom. The third-order valence-electron chi connectivity index (χ3n) is 3.86. The molecule has 0 amide bonds. The molecule has 7 nitrogen and oxygen atoms in total. The molecule has 0 atom stereocenters. The van der Waals surface area contributed by atoms with Gasteiger partial charge < -0.3 is 20.1 Å². The van der Waals surface area contributed by atoms with E-state index >= 15 is 0 Å². The third kappa shape index (κ3) is 6.71. The number of benzene rings is 1. The van der Waals surface area contributed by atoms with Crippen LogP contribution in [0.2, 0.25) is 0 Å². The molecular weight excluding hydrogens is 368 g/mol. The van der Waals surface area contributed by atoms with Crippen molar-refractivity contribution in [3.05, 3.63) is 41.7 Å². The van der Waals surface area contributed by atoms with Crippen LogP contribution in [0.25, 0.3) is 0 Å². The number of rotatable bonds is 10. The SMILES string of the molecule is CCOc1cccc(CNC(=NC)NCCCn2cc(C)cn2)c1OC(F)F. The smallest absolute Gasteiger partial charge is 0.387 e. The zero-order chi connectivity index (χ0) is 20.4. The average molecular weight is 395 g/mol. The minimum atomic E-state index is -2.93. The molecule has 0 spiro atoms. The van der Waals surface area contributed by atoms with Gasteiger partial charge in [-0.2, -0.15) is 13.9 Å². The van der Waals surface area contributed by atoms with Crippen LogP contribution in [0.15, 0.2) is 35.6 Å². The van der Waals surface area contributed by atoms with Crippen molar-refractivity contribution in [3.63, 3.8) is 0 Å². The first kappa shape index (κ1) is 21.5. The predicted molar refractivity (Wildman–Crippen MR) is 104 cm³/mol. The normalized spacial score (nSPS) is 11.6. The second kappa shape index (κ2) is 11.1. The van der Waals surface area contributed by atoms with Crippen molar-refractivity contribution < 1.29 is 18.3 Å². The van der Waals surface area contributed by atoms with Gasteiger partial charge in [0.1, 0.15) is 0 Å². The highest BCUT2D eigenvalue weighted by Crippen LogP contribution is 2.32. The number of ether oxygens (including phenoxy) is 2. The van der Waals surface area contributed by atoms with Crippen molar-refractivity contribution >= 4 is 5.96 Å². The van der Waals surface area contributed by atoms with Crippen LogP contribution in [-0.4, -0.2) is 42.6 Å². The molecule has 0 fully saturated rings. The van der Waals surface area contributed by atoms with E-state index in [9.17, 15) is 8.78 Å². The molecule has 154 valence electrons. The first-order valence-corrected chi connectivity index (χ1v) is 9.16. The summed E-state index contributed by atoms with van der Waals surface area (Å²) in [5, 5.41) is 10.5. The van der Waals surface area contributed by atoms with E-state index in [1.807, 2.05) is 24.0 Å². The molecule has 1 aromatic carbocycles. The van der Waals surface area contributed by atoms with Crippen molar-refractivity contribution in [1.82, 2.24) is 20.4 Å². The number of guanidine groups is 1. The molecule has 0 saturated carbocycles. The number of aromatic nitrogens is 2. The van der Waals surface area contributed by atoms with Crippen molar-refractivity contribution in [2.75, 3.05) is 20.2 Å². The highest BCUT2D eigenvalue weighted by molar-refractivity contribution is 5.79. The first-order valence-electron chi connectivity index (χ1n) is 9.16. The highest BCUT2D eigenvalue weighted by Gasteiger charge is 2.15. The lowest BCUT2D eigenvalue weighted by molar-refractivity contribution is -0.0520. The van der Waals surface area contributed by atoms with Crippen molar-refractivity contribution in [2.24, 2.45) is 4.99 Å². The number of hydrogen-bond acceptors (Lipinski definition) is 4. The lowest BCUT2D eigenvalue weighted by atomic mass is 10.2. The maximum atomic E-state index is 12.8. The Balaban J connectivity index is 1.88. The van der Waals surface area contributed by atoms with Crippen molar-refractivity contribution in [2.45, 2.75) is 40.0 Å². The van der Waals surface area contributed by atoms with Crippen LogP contribution in [0.3, 0.4) is 0 Å². The standard InChI is InChI=1S/C19H27F2N5O2/c1-4-27-16-8-5-7-15(17(16)28-18(20)21)12-24-19(22-3)23-9-6-10-26-13-14(2)11-25-26/h5,7-8,11,13,18H,4,6,9-10,12H2,1-3H3,(H2,22,23,24). The van der Waals surface area contributed by atoms with E-state index < -0.39 is 6.61 Å². The van der Waals surface area contributed by atoms with E-state index in [4.69, 9.17) is 4.74 Å². The van der Waals surface area contributed by atoms with Gasteiger partial charge in [-0.15, -0.1) is 0 Å². The van der Waals surface area contributed by atoms with Gasteiger partial charge in [0, 0.05) is 38.4 Å². The predicted octanol–water partition coefficient (Wildman–Crippen LogP) is 2.95. The maximum Gasteiger partial charge on any atom is 0.387 e. The van der Waals surface area contributed by atoms with Crippen LogP contribution in [0.1, 0.15) is 24.5 Å². The summed E-state index contributed by atoms with van der Waals surface area (Å²) < 4.78 is 37.5. The Bertz CT molecular complexity index is 765. The second-order valence-corrected chi connectivity index (χ2v) is 6.04. The van der Waals surface area contributed by atoms with Gasteiger partial charge >= 0.3 is 6.61 Å². The summed E-state index contributed by atoms with van der Waals surface area (Å²) in [6, 6.07) is 5.05. The Morgan fingerprint density at radius 2 is 2.14 bits per heavy atom. The lowest BCUT2D eigenvalue weighted by Crippen LogP contribution is -2.37. The molecule has 0 saturated heterocycles. The Hall–Kier alpha value is -2.84. The number of aryl methyl sites for hydroxylation is 2. The zero-order valence-electron chi connectivity index (χ0n) is 16.4. The molecular formula is C19H27F2N5O2. The van der Waals surface area contributed by atoms with Crippen LogP contribution in [-0.2, 0) is 13.1 Å². The van der Waals surface area contributed by atoms with Gasteiger partial charge in [0.25, 0.3) is 0 Å². The number of halogens is 2. The number of nitrogens with zero attached hydrogens (tertiary/aromatic N) is 3. The summed E-state index contributed by atoms with van der Waals surface area (Å²) in [5.41, 5.74) is 1.68. The largest absolute Gasteiger partial charge is 0.490 e. The molecule has 2 aromatic rings. The van der Waals surface area contributed by atoms with Gasteiger partial charge in [0.15, 0.2) is 17.5 Å². The molecule has 9 heteroatoms. The molecule has 0 aliphatic heterocycles. The summed E-state index contributed by atoms with van der Waals surface area (Å²) in [6.45, 7) is 2.96. The topological polar surface area (TPSA) is 72.7 Å². The molecule has 0 aliphatic carbocycles. The molecule has 0 aliphatic rings. The number of hydrogen-bond donors (Lipinski definition) is 2. The van der Waals surface area contributed by atoms with Crippen molar-refractivity contribution in [1.29, 1.82) is 0 Å². The molecule has 0 bridgehead atoms. The molecule has 1 aromatic heterocycles. The van der Waals surface area contributed by atoms with Gasteiger partial charge in [-0.3, -0.25) is 9.67 Å². The average Bonchev–Trinajstić information content (AvgIpc) is 3.08. The fourth-order valence-electron chi connectivity index (χ4n) is 2.63. The molecule has 0 unspecified atom stereocenters.